The molecule has 2 aliphatic rings. The van der Waals surface area contributed by atoms with Gasteiger partial charge in [-0.3, -0.25) is 4.79 Å². The smallest absolute Gasteiger partial charge is 0.359 e. The number of nitrogens with zero attached hydrogens (tertiary/aromatic N) is 5. The normalized spacial score (nSPS) is 21.4. The van der Waals surface area contributed by atoms with Crippen LogP contribution in [0.3, 0.4) is 0 Å². The van der Waals surface area contributed by atoms with E-state index in [0.717, 1.165) is 7.11 Å². The second-order valence-corrected chi connectivity index (χ2v) is 8.01. The summed E-state index contributed by atoms with van der Waals surface area (Å²) < 4.78 is 11.3. The number of aromatic nitrogens is 3. The highest BCUT2D eigenvalue weighted by atomic mass is 16.5. The van der Waals surface area contributed by atoms with Gasteiger partial charge in [-0.05, 0) is 25.5 Å². The van der Waals surface area contributed by atoms with Crippen LogP contribution in [-0.4, -0.2) is 52.2 Å². The first-order chi connectivity index (χ1) is 14.7. The number of rotatable bonds is 3. The Kier molecular flexibility index (Phi) is 4.60. The van der Waals surface area contributed by atoms with Crippen LogP contribution in [0.4, 0.5) is 0 Å². The molecule has 0 saturated carbocycles. The number of aryl methyl sites for hydroxylation is 1. The lowest BCUT2D eigenvalue weighted by atomic mass is 9.59. The van der Waals surface area contributed by atoms with E-state index in [0.29, 0.717) is 29.2 Å². The van der Waals surface area contributed by atoms with Gasteiger partial charge in [-0.15, -0.1) is 5.11 Å². The molecule has 10 nitrogen and oxygen atoms in total. The molecule has 0 N–H and O–H groups in total. The van der Waals surface area contributed by atoms with Gasteiger partial charge in [0.2, 0.25) is 5.78 Å². The molecule has 0 saturated heterocycles. The second kappa shape index (κ2) is 6.93. The molecule has 3 heterocycles. The monoisotopic (exact) mass is 423 g/mol. The van der Waals surface area contributed by atoms with Crippen molar-refractivity contribution in [1.82, 2.24) is 14.8 Å². The molecule has 2 aromatic rings. The molecule has 0 radical (unpaired) electrons. The molecular weight excluding hydrogens is 402 g/mol. The minimum absolute atomic E-state index is 0.215. The maximum Gasteiger partial charge on any atom is 0.359 e. The molecule has 10 heteroatoms. The van der Waals surface area contributed by atoms with Gasteiger partial charge in [-0.2, -0.15) is 10.2 Å². The van der Waals surface area contributed by atoms with Crippen LogP contribution in [0.2, 0.25) is 0 Å². The number of methoxy groups -OCH3 is 2. The Morgan fingerprint density at radius 1 is 1.13 bits per heavy atom. The zero-order valence-electron chi connectivity index (χ0n) is 17.8. The van der Waals surface area contributed by atoms with Crippen LogP contribution in [-0.2, 0) is 25.5 Å². The van der Waals surface area contributed by atoms with Crippen molar-refractivity contribution in [3.8, 4) is 5.82 Å². The fourth-order valence-corrected chi connectivity index (χ4v) is 4.35. The predicted molar refractivity (Wildman–Crippen MR) is 107 cm³/mol. The Bertz CT molecular complexity index is 1180. The van der Waals surface area contributed by atoms with Crippen molar-refractivity contribution in [3.63, 3.8) is 0 Å². The van der Waals surface area contributed by atoms with Gasteiger partial charge >= 0.3 is 11.9 Å². The summed E-state index contributed by atoms with van der Waals surface area (Å²) in [6.45, 7) is 5.29. The zero-order chi connectivity index (χ0) is 22.6. The third kappa shape index (κ3) is 2.67. The highest BCUT2D eigenvalue weighted by Gasteiger charge is 2.64. The third-order valence-electron chi connectivity index (χ3n) is 5.83. The van der Waals surface area contributed by atoms with Crippen LogP contribution in [0, 0.1) is 12.3 Å². The number of pyridine rings is 1. The Balaban J connectivity index is 1.98. The molecule has 0 bridgehead atoms. The van der Waals surface area contributed by atoms with Gasteiger partial charge in [-0.25, -0.2) is 19.3 Å². The lowest BCUT2D eigenvalue weighted by Crippen LogP contribution is -2.56. The molecule has 4 rings (SSSR count). The minimum atomic E-state index is -1.74. The van der Waals surface area contributed by atoms with Crippen LogP contribution in [0.25, 0.3) is 5.82 Å². The zero-order valence-corrected chi connectivity index (χ0v) is 17.8. The van der Waals surface area contributed by atoms with Crippen molar-refractivity contribution in [2.75, 3.05) is 14.2 Å². The van der Waals surface area contributed by atoms with E-state index >= 15 is 0 Å². The number of Topliss-reactive ketones (excluding diaryl/α,β-unsaturated/α-hetero) is 1. The van der Waals surface area contributed by atoms with E-state index in [1.165, 1.54) is 7.11 Å². The van der Waals surface area contributed by atoms with Gasteiger partial charge in [0.05, 0.1) is 31.2 Å². The summed E-state index contributed by atoms with van der Waals surface area (Å²) in [5, 5.41) is 12.7. The number of fused-ring (bicyclic) bond motifs is 1. The average Bonchev–Trinajstić information content (AvgIpc) is 3.31. The molecule has 0 fully saturated rings. The lowest BCUT2D eigenvalue weighted by molar-refractivity contribution is -0.139. The second-order valence-electron chi connectivity index (χ2n) is 8.01. The highest BCUT2D eigenvalue weighted by Crippen LogP contribution is 2.53. The number of carbonyl (C=O) groups is 3. The van der Waals surface area contributed by atoms with Gasteiger partial charge in [0.15, 0.2) is 17.1 Å². The number of carbonyl (C=O) groups excluding carboxylic acids is 3. The molecule has 1 aliphatic heterocycles. The molecule has 1 atom stereocenters. The first-order valence-electron chi connectivity index (χ1n) is 9.58. The summed E-state index contributed by atoms with van der Waals surface area (Å²) in [6.07, 6.45) is 1.96. The number of esters is 2. The summed E-state index contributed by atoms with van der Waals surface area (Å²) in [4.78, 5) is 43.4. The Morgan fingerprint density at radius 2 is 1.84 bits per heavy atom. The lowest BCUT2D eigenvalue weighted by Gasteiger charge is -2.43. The molecule has 0 aromatic carbocycles. The van der Waals surface area contributed by atoms with Crippen molar-refractivity contribution in [2.24, 2.45) is 15.6 Å². The largest absolute Gasteiger partial charge is 0.466 e. The van der Waals surface area contributed by atoms with Gasteiger partial charge in [0.25, 0.3) is 0 Å². The quantitative estimate of drug-likeness (QED) is 0.693. The van der Waals surface area contributed by atoms with E-state index in [4.69, 9.17) is 9.47 Å². The summed E-state index contributed by atoms with van der Waals surface area (Å²) in [5.41, 5.74) is -1.77. The molecule has 1 aliphatic carbocycles. The van der Waals surface area contributed by atoms with Gasteiger partial charge in [-0.1, -0.05) is 19.9 Å². The van der Waals surface area contributed by atoms with E-state index in [2.05, 4.69) is 20.3 Å². The summed E-state index contributed by atoms with van der Waals surface area (Å²) in [7, 11) is 2.34. The van der Waals surface area contributed by atoms with Crippen molar-refractivity contribution in [1.29, 1.82) is 0 Å². The SMILES string of the molecule is COC(=O)C1=C(C(=O)OC)C2(N=N1)C(=O)c1c(C)nn(-c3ccccn3)c1CC2(C)C. The summed E-state index contributed by atoms with van der Waals surface area (Å²) in [5.74, 6) is -1.62. The molecule has 1 unspecified atom stereocenters. The molecule has 1 spiro atoms. The van der Waals surface area contributed by atoms with Gasteiger partial charge in [0.1, 0.15) is 5.57 Å². The number of ketones is 1. The molecule has 2 aromatic heterocycles. The first kappa shape index (κ1) is 20.6. The number of ether oxygens (including phenoxy) is 2. The van der Waals surface area contributed by atoms with Crippen molar-refractivity contribution in [3.05, 3.63) is 52.6 Å². The molecule has 0 amide bonds. The Morgan fingerprint density at radius 3 is 2.45 bits per heavy atom. The molecule has 31 heavy (non-hydrogen) atoms. The maximum absolute atomic E-state index is 14.0. The van der Waals surface area contributed by atoms with Gasteiger partial charge < -0.3 is 9.47 Å². The van der Waals surface area contributed by atoms with Crippen LogP contribution in [0.5, 0.6) is 0 Å². The number of hydrogen-bond donors (Lipinski definition) is 0. The number of azo groups is 1. The molecule has 160 valence electrons. The van der Waals surface area contributed by atoms with Crippen molar-refractivity contribution >= 4 is 17.7 Å². The number of hydrogen-bond acceptors (Lipinski definition) is 9. The van der Waals surface area contributed by atoms with E-state index in [1.54, 1.807) is 43.8 Å². The topological polar surface area (TPSA) is 125 Å². The predicted octanol–water partition coefficient (Wildman–Crippen LogP) is 2.15. The van der Waals surface area contributed by atoms with Crippen molar-refractivity contribution in [2.45, 2.75) is 32.7 Å². The van der Waals surface area contributed by atoms with Crippen LogP contribution < -0.4 is 0 Å². The van der Waals surface area contributed by atoms with Gasteiger partial charge in [0, 0.05) is 11.6 Å². The maximum atomic E-state index is 14.0. The van der Waals surface area contributed by atoms with E-state index in [9.17, 15) is 14.4 Å². The standard InChI is InChI=1S/C21H21N5O5/c1-11-14-12(26(24-11)13-8-6-7-9-22-13)10-20(2,3)21(17(14)27)15(18(28)30-4)16(23-25-21)19(29)31-5/h6-9H,10H2,1-5H3. The van der Waals surface area contributed by atoms with Crippen LogP contribution in [0.1, 0.15) is 35.6 Å². The van der Waals surface area contributed by atoms with Crippen molar-refractivity contribution < 1.29 is 23.9 Å². The first-order valence-corrected chi connectivity index (χ1v) is 9.58. The Labute approximate surface area is 178 Å². The summed E-state index contributed by atoms with van der Waals surface area (Å²) in [6, 6.07) is 5.41. The molecular formula is C21H21N5O5. The third-order valence-corrected chi connectivity index (χ3v) is 5.83. The Hall–Kier alpha value is -3.69. The van der Waals surface area contributed by atoms with E-state index in [1.807, 2.05) is 6.07 Å². The summed E-state index contributed by atoms with van der Waals surface area (Å²) >= 11 is 0. The van der Waals surface area contributed by atoms with Crippen LogP contribution in [0.15, 0.2) is 45.9 Å². The van der Waals surface area contributed by atoms with Crippen LogP contribution >= 0.6 is 0 Å². The fraction of sp³-hybridized carbons (Fsp3) is 0.381. The van der Waals surface area contributed by atoms with E-state index < -0.39 is 28.7 Å². The minimum Gasteiger partial charge on any atom is -0.466 e. The highest BCUT2D eigenvalue weighted by molar-refractivity contribution is 6.17. The fourth-order valence-electron chi connectivity index (χ4n) is 4.35. The average molecular weight is 423 g/mol. The van der Waals surface area contributed by atoms with E-state index in [-0.39, 0.29) is 11.3 Å².